The van der Waals surface area contributed by atoms with E-state index in [4.69, 9.17) is 14.9 Å². The first-order valence-corrected chi connectivity index (χ1v) is 6.01. The first kappa shape index (κ1) is 11.8. The lowest BCUT2D eigenvalue weighted by atomic mass is 10.2. The first-order valence-electron chi connectivity index (χ1n) is 3.52. The molecule has 0 amide bonds. The van der Waals surface area contributed by atoms with Gasteiger partial charge in [-0.05, 0) is 63.4 Å². The summed E-state index contributed by atoms with van der Waals surface area (Å²) in [6.07, 6.45) is 0. The van der Waals surface area contributed by atoms with E-state index in [0.29, 0.717) is 0 Å². The maximum Gasteiger partial charge on any atom is 0.339 e. The van der Waals surface area contributed by atoms with Crippen molar-refractivity contribution in [2.45, 2.75) is 2.12 Å². The van der Waals surface area contributed by atoms with Crippen molar-refractivity contribution in [1.82, 2.24) is 0 Å². The number of phenols is 1. The van der Waals surface area contributed by atoms with Crippen molar-refractivity contribution in [2.75, 3.05) is 0 Å². The van der Waals surface area contributed by atoms with E-state index in [0.717, 1.165) is 6.07 Å². The molecule has 0 aliphatic rings. The molecule has 0 aliphatic carbocycles. The van der Waals surface area contributed by atoms with E-state index >= 15 is 0 Å². The minimum absolute atomic E-state index is 0.0386. The molecule has 0 unspecified atom stereocenters. The number of halogens is 2. The number of alkyl halides is 2. The van der Waals surface area contributed by atoms with E-state index in [1.165, 1.54) is 12.1 Å². The number of rotatable bonds is 3. The van der Waals surface area contributed by atoms with Crippen LogP contribution in [0, 0.1) is 0 Å². The number of benzene rings is 1. The molecule has 4 nitrogen and oxygen atoms in total. The smallest absolute Gasteiger partial charge is 0.339 e. The predicted molar refractivity (Wildman–Crippen MR) is 67.5 cm³/mol. The van der Waals surface area contributed by atoms with Gasteiger partial charge in [0.25, 0.3) is 0 Å². The number of hydrogen-bond donors (Lipinski definition) is 2. The molecule has 0 heterocycles. The summed E-state index contributed by atoms with van der Waals surface area (Å²) in [6.45, 7) is 0. The van der Waals surface area contributed by atoms with Crippen LogP contribution in [-0.4, -0.2) is 18.3 Å². The highest BCUT2D eigenvalue weighted by Crippen LogP contribution is 2.26. The van der Waals surface area contributed by atoms with Gasteiger partial charge in [-0.15, -0.1) is 0 Å². The van der Waals surface area contributed by atoms with Crippen LogP contribution in [0.5, 0.6) is 11.5 Å². The van der Waals surface area contributed by atoms with Gasteiger partial charge in [-0.1, -0.05) is 0 Å². The Bertz CT molecular complexity index is 351. The second kappa shape index (κ2) is 5.01. The lowest BCUT2D eigenvalue weighted by molar-refractivity contribution is 0.0692. The molecule has 1 aromatic carbocycles. The van der Waals surface area contributed by atoms with Crippen LogP contribution in [0.25, 0.3) is 0 Å². The number of ether oxygens (including phenoxy) is 1. The summed E-state index contributed by atoms with van der Waals surface area (Å²) >= 11 is 4.01. The summed E-state index contributed by atoms with van der Waals surface area (Å²) in [4.78, 5) is 10.8. The fraction of sp³-hybridized carbons (Fsp3) is 0.125. The van der Waals surface area contributed by atoms with Crippen molar-refractivity contribution < 1.29 is 19.7 Å². The Morgan fingerprint density at radius 2 is 2.07 bits per heavy atom. The average Bonchev–Trinajstić information content (AvgIpc) is 2.07. The van der Waals surface area contributed by atoms with Gasteiger partial charge < -0.3 is 14.9 Å². The van der Waals surface area contributed by atoms with Gasteiger partial charge >= 0.3 is 5.97 Å². The Labute approximate surface area is 108 Å². The molecule has 14 heavy (non-hydrogen) atoms. The van der Waals surface area contributed by atoms with E-state index in [9.17, 15) is 4.79 Å². The Kier molecular flexibility index (Phi) is 4.23. The molecule has 2 N–H and O–H groups in total. The van der Waals surface area contributed by atoms with Crippen LogP contribution in [0.2, 0.25) is 0 Å². The molecular weight excluding hydrogens is 414 g/mol. The van der Waals surface area contributed by atoms with Crippen LogP contribution in [0.4, 0.5) is 0 Å². The summed E-state index contributed by atoms with van der Waals surface area (Å²) in [5.74, 6) is -0.957. The molecule has 0 bridgehead atoms. The Hall–Kier alpha value is -0.250. The lowest BCUT2D eigenvalue weighted by Crippen LogP contribution is -2.04. The SMILES string of the molecule is O=C(O)c1cc(O)ccc1OC(I)I. The topological polar surface area (TPSA) is 66.8 Å². The maximum atomic E-state index is 10.8. The molecule has 6 heteroatoms. The van der Waals surface area contributed by atoms with Gasteiger partial charge in [0.15, 0.2) is 2.12 Å². The Balaban J connectivity index is 3.08. The number of phenolic OH excluding ortho intramolecular Hbond substituents is 1. The molecule has 76 valence electrons. The highest BCUT2D eigenvalue weighted by molar-refractivity contribution is 14.2. The van der Waals surface area contributed by atoms with Crippen LogP contribution in [-0.2, 0) is 0 Å². The number of aromatic hydroxyl groups is 1. The number of hydrogen-bond acceptors (Lipinski definition) is 3. The molecule has 0 aromatic heterocycles. The van der Waals surface area contributed by atoms with Crippen LogP contribution in [0.15, 0.2) is 18.2 Å². The van der Waals surface area contributed by atoms with E-state index in [2.05, 4.69) is 0 Å². The zero-order valence-electron chi connectivity index (χ0n) is 6.78. The molecule has 0 atom stereocenters. The maximum absolute atomic E-state index is 10.8. The third kappa shape index (κ3) is 3.15. The largest absolute Gasteiger partial charge is 0.508 e. The van der Waals surface area contributed by atoms with Gasteiger partial charge in [0, 0.05) is 0 Å². The van der Waals surface area contributed by atoms with Gasteiger partial charge in [0.05, 0.1) is 0 Å². The van der Waals surface area contributed by atoms with Gasteiger partial charge in [-0.25, -0.2) is 4.79 Å². The van der Waals surface area contributed by atoms with Crippen LogP contribution >= 0.6 is 45.2 Å². The van der Waals surface area contributed by atoms with Crippen LogP contribution < -0.4 is 4.74 Å². The summed E-state index contributed by atoms with van der Waals surface area (Å²) in [5.41, 5.74) is -0.0386. The zero-order chi connectivity index (χ0) is 10.7. The minimum Gasteiger partial charge on any atom is -0.508 e. The second-order valence-electron chi connectivity index (χ2n) is 2.36. The molecule has 0 spiro atoms. The van der Waals surface area contributed by atoms with E-state index in [1.807, 2.05) is 45.2 Å². The number of aromatic carboxylic acids is 1. The van der Waals surface area contributed by atoms with E-state index < -0.39 is 5.97 Å². The molecule has 0 saturated heterocycles. The number of carboxylic acid groups (broad SMARTS) is 1. The molecule has 0 radical (unpaired) electrons. The summed E-state index contributed by atoms with van der Waals surface area (Å²) < 4.78 is 5.08. The molecular formula is C8H6I2O4. The first-order chi connectivity index (χ1) is 6.50. The zero-order valence-corrected chi connectivity index (χ0v) is 11.1. The van der Waals surface area contributed by atoms with E-state index in [1.54, 1.807) is 0 Å². The van der Waals surface area contributed by atoms with Gasteiger partial charge in [0.2, 0.25) is 0 Å². The van der Waals surface area contributed by atoms with Gasteiger partial charge in [0.1, 0.15) is 17.1 Å². The van der Waals surface area contributed by atoms with Crippen molar-refractivity contribution in [2.24, 2.45) is 0 Å². The highest BCUT2D eigenvalue weighted by Gasteiger charge is 2.13. The second-order valence-corrected chi connectivity index (χ2v) is 7.01. The van der Waals surface area contributed by atoms with Gasteiger partial charge in [-0.2, -0.15) is 0 Å². The number of carbonyl (C=O) groups is 1. The monoisotopic (exact) mass is 420 g/mol. The predicted octanol–water partition coefficient (Wildman–Crippen LogP) is 2.62. The average molecular weight is 420 g/mol. The molecule has 0 aliphatic heterocycles. The van der Waals surface area contributed by atoms with Crippen molar-refractivity contribution in [1.29, 1.82) is 0 Å². The van der Waals surface area contributed by atoms with Crippen LogP contribution in [0.3, 0.4) is 0 Å². The summed E-state index contributed by atoms with van der Waals surface area (Å²) in [7, 11) is 0. The fourth-order valence-corrected chi connectivity index (χ4v) is 1.43. The van der Waals surface area contributed by atoms with Crippen LogP contribution in [0.1, 0.15) is 10.4 Å². The molecule has 0 saturated carbocycles. The molecule has 0 fully saturated rings. The van der Waals surface area contributed by atoms with Crippen molar-refractivity contribution in [3.05, 3.63) is 23.8 Å². The van der Waals surface area contributed by atoms with E-state index in [-0.39, 0.29) is 19.2 Å². The fourth-order valence-electron chi connectivity index (χ4n) is 0.884. The molecule has 1 rings (SSSR count). The third-order valence-electron chi connectivity index (χ3n) is 1.41. The standard InChI is InChI=1S/C8H6I2O4/c9-8(10)14-6-2-1-4(11)3-5(6)7(12)13/h1-3,8,11H,(H,12,13). The quantitative estimate of drug-likeness (QED) is 0.584. The third-order valence-corrected chi connectivity index (χ3v) is 1.92. The lowest BCUT2D eigenvalue weighted by Gasteiger charge is -2.09. The van der Waals surface area contributed by atoms with Crippen molar-refractivity contribution in [3.8, 4) is 11.5 Å². The number of carboxylic acids is 1. The summed E-state index contributed by atoms with van der Waals surface area (Å²) in [6, 6.07) is 3.98. The van der Waals surface area contributed by atoms with Gasteiger partial charge in [-0.3, -0.25) is 0 Å². The molecule has 1 aromatic rings. The van der Waals surface area contributed by atoms with Crippen molar-refractivity contribution >= 4 is 51.2 Å². The normalized spacial score (nSPS) is 10.2. The Morgan fingerprint density at radius 3 is 2.57 bits per heavy atom. The highest BCUT2D eigenvalue weighted by atomic mass is 127. The Morgan fingerprint density at radius 1 is 1.43 bits per heavy atom. The minimum atomic E-state index is -1.12. The van der Waals surface area contributed by atoms with Crippen molar-refractivity contribution in [3.63, 3.8) is 0 Å². The summed E-state index contributed by atoms with van der Waals surface area (Å²) in [5, 5.41) is 17.9.